The Kier molecular flexibility index (Phi) is 4.56. The minimum atomic E-state index is -0.629. The molecule has 0 aliphatic rings. The summed E-state index contributed by atoms with van der Waals surface area (Å²) in [5.41, 5.74) is 3.61. The Hall–Kier alpha value is -2.82. The molecule has 0 spiro atoms. The van der Waals surface area contributed by atoms with E-state index in [1.54, 1.807) is 42.5 Å². The van der Waals surface area contributed by atoms with Crippen LogP contribution in [0.1, 0.15) is 26.3 Å². The SMILES string of the molecule is COc1c(C)cccc1C(=O)NOC(=O)c1ccccc1. The number of rotatable bonds is 3. The first kappa shape index (κ1) is 14.6. The molecule has 2 aromatic rings. The first-order valence-corrected chi connectivity index (χ1v) is 6.33. The van der Waals surface area contributed by atoms with Crippen molar-refractivity contribution in [3.8, 4) is 5.75 Å². The van der Waals surface area contributed by atoms with Crippen LogP contribution in [0.5, 0.6) is 5.75 Å². The zero-order chi connectivity index (χ0) is 15.2. The molecule has 0 aliphatic carbocycles. The number of carbonyl (C=O) groups is 2. The average Bonchev–Trinajstić information content (AvgIpc) is 2.52. The van der Waals surface area contributed by atoms with Gasteiger partial charge in [-0.15, -0.1) is 0 Å². The van der Waals surface area contributed by atoms with Crippen LogP contribution in [0.2, 0.25) is 0 Å². The minimum absolute atomic E-state index is 0.304. The summed E-state index contributed by atoms with van der Waals surface area (Å²) in [7, 11) is 1.48. The van der Waals surface area contributed by atoms with Gasteiger partial charge < -0.3 is 9.57 Å². The molecule has 2 rings (SSSR count). The Morgan fingerprint density at radius 3 is 2.38 bits per heavy atom. The largest absolute Gasteiger partial charge is 0.496 e. The molecule has 108 valence electrons. The molecule has 1 N–H and O–H groups in total. The number of hydrogen-bond acceptors (Lipinski definition) is 4. The maximum atomic E-state index is 12.0. The molecule has 1 amide bonds. The van der Waals surface area contributed by atoms with E-state index in [0.29, 0.717) is 16.9 Å². The van der Waals surface area contributed by atoms with Gasteiger partial charge >= 0.3 is 5.97 Å². The zero-order valence-corrected chi connectivity index (χ0v) is 11.8. The smallest absolute Gasteiger partial charge is 0.362 e. The van der Waals surface area contributed by atoms with Gasteiger partial charge in [0.25, 0.3) is 5.91 Å². The number of methoxy groups -OCH3 is 1. The summed E-state index contributed by atoms with van der Waals surface area (Å²) in [6.07, 6.45) is 0. The molecule has 0 bridgehead atoms. The topological polar surface area (TPSA) is 64.6 Å². The molecule has 0 fully saturated rings. The third-order valence-corrected chi connectivity index (χ3v) is 2.91. The second kappa shape index (κ2) is 6.56. The summed E-state index contributed by atoms with van der Waals surface area (Å²) in [5, 5.41) is 0. The van der Waals surface area contributed by atoms with Gasteiger partial charge in [-0.1, -0.05) is 30.3 Å². The molecule has 0 saturated heterocycles. The maximum Gasteiger partial charge on any atom is 0.362 e. The number of benzene rings is 2. The van der Waals surface area contributed by atoms with Crippen LogP contribution < -0.4 is 10.2 Å². The van der Waals surface area contributed by atoms with E-state index in [9.17, 15) is 9.59 Å². The number of para-hydroxylation sites is 1. The number of hydroxylamine groups is 1. The number of nitrogens with one attached hydrogen (secondary N) is 1. The molecular weight excluding hydrogens is 270 g/mol. The van der Waals surface area contributed by atoms with Crippen LogP contribution in [0.15, 0.2) is 48.5 Å². The van der Waals surface area contributed by atoms with E-state index >= 15 is 0 Å². The molecule has 5 nitrogen and oxygen atoms in total. The lowest BCUT2D eigenvalue weighted by molar-refractivity contribution is 0.0229. The number of ether oxygens (including phenoxy) is 1. The van der Waals surface area contributed by atoms with Crippen molar-refractivity contribution in [2.24, 2.45) is 0 Å². The third-order valence-electron chi connectivity index (χ3n) is 2.91. The van der Waals surface area contributed by atoms with E-state index in [0.717, 1.165) is 5.56 Å². The van der Waals surface area contributed by atoms with Gasteiger partial charge in [-0.3, -0.25) is 4.79 Å². The summed E-state index contributed by atoms with van der Waals surface area (Å²) in [5.74, 6) is -0.721. The normalized spacial score (nSPS) is 9.81. The fraction of sp³-hybridized carbons (Fsp3) is 0.125. The van der Waals surface area contributed by atoms with Crippen LogP contribution in [0.3, 0.4) is 0 Å². The lowest BCUT2D eigenvalue weighted by Gasteiger charge is -2.11. The van der Waals surface area contributed by atoms with Crippen molar-refractivity contribution in [3.05, 3.63) is 65.2 Å². The molecule has 0 aromatic heterocycles. The first-order chi connectivity index (χ1) is 10.1. The fourth-order valence-corrected chi connectivity index (χ4v) is 1.88. The van der Waals surface area contributed by atoms with Gasteiger partial charge in [0.15, 0.2) is 0 Å². The lowest BCUT2D eigenvalue weighted by atomic mass is 10.1. The number of amides is 1. The Labute approximate surface area is 122 Å². The average molecular weight is 285 g/mol. The lowest BCUT2D eigenvalue weighted by Crippen LogP contribution is -2.27. The number of carbonyl (C=O) groups excluding carboxylic acids is 2. The van der Waals surface area contributed by atoms with Crippen LogP contribution in [-0.2, 0) is 4.84 Å². The van der Waals surface area contributed by atoms with E-state index in [2.05, 4.69) is 5.48 Å². The highest BCUT2D eigenvalue weighted by molar-refractivity contribution is 5.98. The van der Waals surface area contributed by atoms with Crippen LogP contribution in [0, 0.1) is 6.92 Å². The van der Waals surface area contributed by atoms with E-state index in [1.165, 1.54) is 7.11 Å². The molecular formula is C16H15NO4. The quantitative estimate of drug-likeness (QED) is 0.880. The van der Waals surface area contributed by atoms with Gasteiger partial charge in [-0.05, 0) is 30.7 Å². The highest BCUT2D eigenvalue weighted by atomic mass is 16.7. The minimum Gasteiger partial charge on any atom is -0.496 e. The highest BCUT2D eigenvalue weighted by Crippen LogP contribution is 2.22. The third kappa shape index (κ3) is 3.39. The molecule has 5 heteroatoms. The summed E-state index contributed by atoms with van der Waals surface area (Å²) >= 11 is 0. The van der Waals surface area contributed by atoms with Gasteiger partial charge in [-0.2, -0.15) is 5.48 Å². The second-order valence-corrected chi connectivity index (χ2v) is 4.34. The molecule has 0 radical (unpaired) electrons. The van der Waals surface area contributed by atoms with Crippen molar-refractivity contribution in [2.45, 2.75) is 6.92 Å². The Balaban J connectivity index is 2.06. The van der Waals surface area contributed by atoms with Crippen molar-refractivity contribution < 1.29 is 19.2 Å². The fourth-order valence-electron chi connectivity index (χ4n) is 1.88. The predicted molar refractivity (Wildman–Crippen MR) is 77.1 cm³/mol. The summed E-state index contributed by atoms with van der Waals surface area (Å²) in [6.45, 7) is 1.82. The van der Waals surface area contributed by atoms with Gasteiger partial charge in [0.1, 0.15) is 5.75 Å². The summed E-state index contributed by atoms with van der Waals surface area (Å²) < 4.78 is 5.19. The van der Waals surface area contributed by atoms with E-state index in [1.807, 2.05) is 13.0 Å². The van der Waals surface area contributed by atoms with Crippen LogP contribution in [-0.4, -0.2) is 19.0 Å². The first-order valence-electron chi connectivity index (χ1n) is 6.33. The summed E-state index contributed by atoms with van der Waals surface area (Å²) in [6, 6.07) is 13.6. The Morgan fingerprint density at radius 1 is 1.00 bits per heavy atom. The number of hydrogen-bond donors (Lipinski definition) is 1. The van der Waals surface area contributed by atoms with Crippen LogP contribution >= 0.6 is 0 Å². The van der Waals surface area contributed by atoms with Gasteiger partial charge in [-0.25, -0.2) is 4.79 Å². The summed E-state index contributed by atoms with van der Waals surface area (Å²) in [4.78, 5) is 28.6. The molecule has 21 heavy (non-hydrogen) atoms. The standard InChI is InChI=1S/C16H15NO4/c1-11-7-6-10-13(14(11)20-2)15(18)17-21-16(19)12-8-4-3-5-9-12/h3-10H,1-2H3,(H,17,18). The Bertz CT molecular complexity index is 653. The monoisotopic (exact) mass is 285 g/mol. The van der Waals surface area contributed by atoms with E-state index < -0.39 is 11.9 Å². The van der Waals surface area contributed by atoms with Crippen molar-refractivity contribution in [3.63, 3.8) is 0 Å². The van der Waals surface area contributed by atoms with Crippen molar-refractivity contribution in [1.29, 1.82) is 0 Å². The van der Waals surface area contributed by atoms with Crippen molar-refractivity contribution in [1.82, 2.24) is 5.48 Å². The van der Waals surface area contributed by atoms with E-state index in [4.69, 9.17) is 9.57 Å². The molecule has 0 heterocycles. The predicted octanol–water partition coefficient (Wildman–Crippen LogP) is 2.51. The zero-order valence-electron chi connectivity index (χ0n) is 11.8. The molecule has 2 aromatic carbocycles. The van der Waals surface area contributed by atoms with Crippen molar-refractivity contribution in [2.75, 3.05) is 7.11 Å². The molecule has 0 unspecified atom stereocenters. The van der Waals surface area contributed by atoms with E-state index in [-0.39, 0.29) is 0 Å². The van der Waals surface area contributed by atoms with Crippen LogP contribution in [0.25, 0.3) is 0 Å². The molecule has 0 atom stereocenters. The van der Waals surface area contributed by atoms with Gasteiger partial charge in [0.2, 0.25) is 0 Å². The van der Waals surface area contributed by atoms with Crippen molar-refractivity contribution >= 4 is 11.9 Å². The maximum absolute atomic E-state index is 12.0. The van der Waals surface area contributed by atoms with Gasteiger partial charge in [0, 0.05) is 0 Å². The van der Waals surface area contributed by atoms with Crippen LogP contribution in [0.4, 0.5) is 0 Å². The Morgan fingerprint density at radius 2 is 1.71 bits per heavy atom. The highest BCUT2D eigenvalue weighted by Gasteiger charge is 2.16. The number of aryl methyl sites for hydroxylation is 1. The second-order valence-electron chi connectivity index (χ2n) is 4.34. The van der Waals surface area contributed by atoms with Gasteiger partial charge in [0.05, 0.1) is 18.2 Å². The molecule has 0 aliphatic heterocycles. The molecule has 0 saturated carbocycles.